The van der Waals surface area contributed by atoms with Crippen molar-refractivity contribution in [3.8, 4) is 0 Å². The van der Waals surface area contributed by atoms with E-state index < -0.39 is 0 Å². The molecule has 0 saturated heterocycles. The van der Waals surface area contributed by atoms with Crippen molar-refractivity contribution in [3.05, 3.63) is 11.6 Å². The molecule has 0 atom stereocenters. The molecular weight excluding hydrogens is 130 g/mol. The molecule has 0 saturated carbocycles. The Morgan fingerprint density at radius 2 is 2.30 bits per heavy atom. The van der Waals surface area contributed by atoms with E-state index >= 15 is 0 Å². The predicted molar refractivity (Wildman–Crippen MR) is 39.5 cm³/mol. The van der Waals surface area contributed by atoms with Crippen molar-refractivity contribution in [2.75, 3.05) is 13.2 Å². The molecule has 0 radical (unpaired) electrons. The SMILES string of the molecule is CC=C(C)C(=O)NCCO. The first-order valence-electron chi connectivity index (χ1n) is 3.24. The van der Waals surface area contributed by atoms with E-state index in [0.717, 1.165) is 0 Å². The van der Waals surface area contributed by atoms with Crippen LogP contribution in [-0.2, 0) is 4.79 Å². The minimum atomic E-state index is -0.114. The molecule has 2 N–H and O–H groups in total. The Labute approximate surface area is 60.7 Å². The lowest BCUT2D eigenvalue weighted by atomic mass is 10.3. The Kier molecular flexibility index (Phi) is 4.58. The highest BCUT2D eigenvalue weighted by molar-refractivity contribution is 5.92. The molecule has 58 valence electrons. The summed E-state index contributed by atoms with van der Waals surface area (Å²) >= 11 is 0. The van der Waals surface area contributed by atoms with Crippen LogP contribution in [0.3, 0.4) is 0 Å². The van der Waals surface area contributed by atoms with Gasteiger partial charge in [-0.15, -0.1) is 0 Å². The van der Waals surface area contributed by atoms with Gasteiger partial charge in [-0.3, -0.25) is 4.79 Å². The fourth-order valence-corrected chi connectivity index (χ4v) is 0.440. The lowest BCUT2D eigenvalue weighted by Crippen LogP contribution is -2.26. The molecule has 0 aromatic heterocycles. The van der Waals surface area contributed by atoms with Crippen molar-refractivity contribution in [3.63, 3.8) is 0 Å². The molecule has 0 heterocycles. The molecule has 0 aromatic carbocycles. The molecule has 3 nitrogen and oxygen atoms in total. The van der Waals surface area contributed by atoms with Crippen molar-refractivity contribution < 1.29 is 9.90 Å². The number of rotatable bonds is 3. The number of aliphatic hydroxyl groups is 1. The zero-order chi connectivity index (χ0) is 7.98. The van der Waals surface area contributed by atoms with Gasteiger partial charge in [0.1, 0.15) is 0 Å². The summed E-state index contributed by atoms with van der Waals surface area (Å²) < 4.78 is 0. The fraction of sp³-hybridized carbons (Fsp3) is 0.571. The maximum atomic E-state index is 10.8. The second-order valence-corrected chi connectivity index (χ2v) is 1.95. The summed E-state index contributed by atoms with van der Waals surface area (Å²) in [6.45, 7) is 3.84. The van der Waals surface area contributed by atoms with Gasteiger partial charge in [0.2, 0.25) is 5.91 Å². The number of hydrogen-bond donors (Lipinski definition) is 2. The predicted octanol–water partition coefficient (Wildman–Crippen LogP) is 0.0611. The molecule has 0 fully saturated rings. The highest BCUT2D eigenvalue weighted by Crippen LogP contribution is 1.89. The highest BCUT2D eigenvalue weighted by Gasteiger charge is 1.99. The van der Waals surface area contributed by atoms with Crippen LogP contribution in [-0.4, -0.2) is 24.2 Å². The third-order valence-electron chi connectivity index (χ3n) is 1.19. The first kappa shape index (κ1) is 9.17. The number of aliphatic hydroxyl groups excluding tert-OH is 1. The van der Waals surface area contributed by atoms with Gasteiger partial charge < -0.3 is 10.4 Å². The minimum Gasteiger partial charge on any atom is -0.395 e. The number of nitrogens with one attached hydrogen (secondary N) is 1. The van der Waals surface area contributed by atoms with Crippen LogP contribution in [0.2, 0.25) is 0 Å². The number of carbonyl (C=O) groups is 1. The van der Waals surface area contributed by atoms with E-state index in [4.69, 9.17) is 5.11 Å². The van der Waals surface area contributed by atoms with Crippen molar-refractivity contribution >= 4 is 5.91 Å². The minimum absolute atomic E-state index is 0.0112. The molecule has 0 bridgehead atoms. The highest BCUT2D eigenvalue weighted by atomic mass is 16.3. The summed E-state index contributed by atoms with van der Waals surface area (Å²) in [5.74, 6) is -0.114. The van der Waals surface area contributed by atoms with E-state index in [1.165, 1.54) is 0 Å². The van der Waals surface area contributed by atoms with E-state index in [1.54, 1.807) is 19.9 Å². The van der Waals surface area contributed by atoms with Gasteiger partial charge in [-0.25, -0.2) is 0 Å². The topological polar surface area (TPSA) is 49.3 Å². The Hall–Kier alpha value is -0.830. The molecule has 0 rings (SSSR count). The lowest BCUT2D eigenvalue weighted by Gasteiger charge is -2.00. The van der Waals surface area contributed by atoms with Crippen LogP contribution in [0.25, 0.3) is 0 Å². The van der Waals surface area contributed by atoms with Crippen molar-refractivity contribution in [2.24, 2.45) is 0 Å². The molecule has 1 amide bonds. The zero-order valence-corrected chi connectivity index (χ0v) is 6.35. The van der Waals surface area contributed by atoms with E-state index in [2.05, 4.69) is 5.32 Å². The van der Waals surface area contributed by atoms with Crippen LogP contribution in [0.4, 0.5) is 0 Å². The summed E-state index contributed by atoms with van der Waals surface area (Å²) in [5, 5.41) is 10.9. The molecule has 0 aromatic rings. The van der Waals surface area contributed by atoms with E-state index in [0.29, 0.717) is 12.1 Å². The third kappa shape index (κ3) is 3.25. The molecule has 0 unspecified atom stereocenters. The van der Waals surface area contributed by atoms with Crippen LogP contribution in [0.15, 0.2) is 11.6 Å². The van der Waals surface area contributed by atoms with Gasteiger partial charge in [0.05, 0.1) is 6.61 Å². The second kappa shape index (κ2) is 4.99. The summed E-state index contributed by atoms with van der Waals surface area (Å²) in [7, 11) is 0. The van der Waals surface area contributed by atoms with Crippen LogP contribution in [0.1, 0.15) is 13.8 Å². The summed E-state index contributed by atoms with van der Waals surface area (Å²) in [6.07, 6.45) is 1.73. The number of hydrogen-bond acceptors (Lipinski definition) is 2. The summed E-state index contributed by atoms with van der Waals surface area (Å²) in [5.41, 5.74) is 0.674. The molecule has 0 spiro atoms. The monoisotopic (exact) mass is 143 g/mol. The van der Waals surface area contributed by atoms with E-state index in [-0.39, 0.29) is 12.5 Å². The third-order valence-corrected chi connectivity index (χ3v) is 1.19. The van der Waals surface area contributed by atoms with Gasteiger partial charge in [0, 0.05) is 12.1 Å². The van der Waals surface area contributed by atoms with E-state index in [9.17, 15) is 4.79 Å². The maximum Gasteiger partial charge on any atom is 0.246 e. The average Bonchev–Trinajstić information content (AvgIpc) is 1.98. The Morgan fingerprint density at radius 3 is 2.70 bits per heavy atom. The molecule has 0 aliphatic carbocycles. The average molecular weight is 143 g/mol. The van der Waals surface area contributed by atoms with Gasteiger partial charge >= 0.3 is 0 Å². The summed E-state index contributed by atoms with van der Waals surface area (Å²) in [4.78, 5) is 10.8. The molecular formula is C7H13NO2. The zero-order valence-electron chi connectivity index (χ0n) is 6.35. The Balaban J connectivity index is 3.63. The van der Waals surface area contributed by atoms with Crippen molar-refractivity contribution in [1.29, 1.82) is 0 Å². The fourth-order valence-electron chi connectivity index (χ4n) is 0.440. The van der Waals surface area contributed by atoms with Gasteiger partial charge in [-0.1, -0.05) is 6.08 Å². The van der Waals surface area contributed by atoms with Crippen LogP contribution >= 0.6 is 0 Å². The number of amides is 1. The quantitative estimate of drug-likeness (QED) is 0.549. The van der Waals surface area contributed by atoms with Crippen molar-refractivity contribution in [1.82, 2.24) is 5.32 Å². The van der Waals surface area contributed by atoms with Crippen LogP contribution < -0.4 is 5.32 Å². The van der Waals surface area contributed by atoms with Crippen LogP contribution in [0.5, 0.6) is 0 Å². The Bertz CT molecular complexity index is 141. The molecule has 0 aliphatic rings. The standard InChI is InChI=1S/C7H13NO2/c1-3-6(2)7(10)8-4-5-9/h3,9H,4-5H2,1-2H3,(H,8,10). The normalized spacial score (nSPS) is 11.3. The largest absolute Gasteiger partial charge is 0.395 e. The lowest BCUT2D eigenvalue weighted by molar-refractivity contribution is -0.117. The first-order valence-corrected chi connectivity index (χ1v) is 3.24. The summed E-state index contributed by atoms with van der Waals surface area (Å²) in [6, 6.07) is 0. The van der Waals surface area contributed by atoms with Gasteiger partial charge in [-0.2, -0.15) is 0 Å². The number of carbonyl (C=O) groups excluding carboxylic acids is 1. The Morgan fingerprint density at radius 1 is 1.70 bits per heavy atom. The molecule has 0 aliphatic heterocycles. The van der Waals surface area contributed by atoms with Gasteiger partial charge in [-0.05, 0) is 13.8 Å². The van der Waals surface area contributed by atoms with Crippen LogP contribution in [0, 0.1) is 0 Å². The number of allylic oxidation sites excluding steroid dienone is 1. The molecule has 10 heavy (non-hydrogen) atoms. The first-order chi connectivity index (χ1) is 4.72. The van der Waals surface area contributed by atoms with Crippen molar-refractivity contribution in [2.45, 2.75) is 13.8 Å². The van der Waals surface area contributed by atoms with E-state index in [1.807, 2.05) is 0 Å². The van der Waals surface area contributed by atoms with Gasteiger partial charge in [0.25, 0.3) is 0 Å². The van der Waals surface area contributed by atoms with Gasteiger partial charge in [0.15, 0.2) is 0 Å². The second-order valence-electron chi connectivity index (χ2n) is 1.95. The molecule has 3 heteroatoms. The maximum absolute atomic E-state index is 10.8. The smallest absolute Gasteiger partial charge is 0.246 e.